The maximum absolute atomic E-state index is 6.13. The van der Waals surface area contributed by atoms with Crippen LogP contribution >= 0.6 is 0 Å². The van der Waals surface area contributed by atoms with Gasteiger partial charge in [0.05, 0.1) is 18.8 Å². The van der Waals surface area contributed by atoms with Gasteiger partial charge in [0.1, 0.15) is 12.4 Å². The molecule has 1 N–H and O–H groups in total. The number of hydrogen-bond donors (Lipinski definition) is 1. The highest BCUT2D eigenvalue weighted by Crippen LogP contribution is 2.51. The second-order valence-electron chi connectivity index (χ2n) is 7.65. The van der Waals surface area contributed by atoms with E-state index in [0.717, 1.165) is 63.9 Å². The summed E-state index contributed by atoms with van der Waals surface area (Å²) in [4.78, 5) is 2.58. The summed E-state index contributed by atoms with van der Waals surface area (Å²) in [6.07, 6.45) is 4.98. The molecule has 24 heavy (non-hydrogen) atoms. The summed E-state index contributed by atoms with van der Waals surface area (Å²) in [5.41, 5.74) is 6.17. The molecule has 2 heterocycles. The van der Waals surface area contributed by atoms with E-state index in [2.05, 4.69) is 23.2 Å². The van der Waals surface area contributed by atoms with Crippen LogP contribution in [0.1, 0.15) is 42.4 Å². The van der Waals surface area contributed by atoms with E-state index < -0.39 is 0 Å². The van der Waals surface area contributed by atoms with Crippen LogP contribution in [0.5, 0.6) is 5.75 Å². The van der Waals surface area contributed by atoms with Gasteiger partial charge < -0.3 is 19.7 Å². The minimum atomic E-state index is 0.536. The summed E-state index contributed by atoms with van der Waals surface area (Å²) < 4.78 is 11.5. The van der Waals surface area contributed by atoms with Crippen LogP contribution in [0, 0.1) is 5.92 Å². The molecule has 4 nitrogen and oxygen atoms in total. The van der Waals surface area contributed by atoms with Crippen LogP contribution in [0.15, 0.2) is 6.07 Å². The van der Waals surface area contributed by atoms with Crippen LogP contribution in [0.25, 0.3) is 0 Å². The first-order valence-electron chi connectivity index (χ1n) is 9.54. The van der Waals surface area contributed by atoms with Crippen molar-refractivity contribution in [2.75, 3.05) is 51.4 Å². The maximum Gasteiger partial charge on any atom is 0.143 e. The summed E-state index contributed by atoms with van der Waals surface area (Å²) in [6, 6.07) is 2.34. The summed E-state index contributed by atoms with van der Waals surface area (Å²) >= 11 is 0. The number of rotatable bonds is 5. The lowest BCUT2D eigenvalue weighted by Crippen LogP contribution is -2.38. The van der Waals surface area contributed by atoms with Crippen molar-refractivity contribution >= 4 is 5.69 Å². The number of fused-ring (bicyclic) bond motifs is 2. The van der Waals surface area contributed by atoms with Gasteiger partial charge in [-0.1, -0.05) is 6.92 Å². The van der Waals surface area contributed by atoms with Crippen LogP contribution in [0.2, 0.25) is 0 Å². The average molecular weight is 330 g/mol. The first kappa shape index (κ1) is 16.2. The number of benzene rings is 1. The lowest BCUT2D eigenvalue weighted by molar-refractivity contribution is 0.160. The van der Waals surface area contributed by atoms with E-state index in [-0.39, 0.29) is 0 Å². The van der Waals surface area contributed by atoms with Crippen molar-refractivity contribution in [3.05, 3.63) is 22.8 Å². The van der Waals surface area contributed by atoms with Gasteiger partial charge in [-0.2, -0.15) is 0 Å². The second-order valence-corrected chi connectivity index (χ2v) is 7.65. The third-order valence-corrected chi connectivity index (χ3v) is 5.53. The van der Waals surface area contributed by atoms with Crippen molar-refractivity contribution in [3.8, 4) is 5.75 Å². The molecule has 1 atom stereocenters. The molecule has 0 unspecified atom stereocenters. The zero-order valence-corrected chi connectivity index (χ0v) is 15.1. The molecule has 0 amide bonds. The normalized spacial score (nSPS) is 21.5. The van der Waals surface area contributed by atoms with Crippen molar-refractivity contribution in [2.24, 2.45) is 5.92 Å². The summed E-state index contributed by atoms with van der Waals surface area (Å²) in [5, 5.41) is 3.56. The van der Waals surface area contributed by atoms with E-state index in [9.17, 15) is 0 Å². The Morgan fingerprint density at radius 1 is 1.33 bits per heavy atom. The van der Waals surface area contributed by atoms with Crippen molar-refractivity contribution in [1.29, 1.82) is 0 Å². The Balaban J connectivity index is 1.74. The fourth-order valence-corrected chi connectivity index (χ4v) is 4.36. The zero-order chi connectivity index (χ0) is 16.5. The zero-order valence-electron chi connectivity index (χ0n) is 15.1. The molecule has 3 aliphatic rings. The van der Waals surface area contributed by atoms with Gasteiger partial charge in [-0.3, -0.25) is 0 Å². The number of nitrogens with one attached hydrogen (secondary N) is 1. The van der Waals surface area contributed by atoms with Gasteiger partial charge in [0, 0.05) is 13.7 Å². The predicted molar refractivity (Wildman–Crippen MR) is 97.4 cm³/mol. The van der Waals surface area contributed by atoms with Crippen molar-refractivity contribution in [2.45, 2.75) is 38.5 Å². The Morgan fingerprint density at radius 3 is 2.96 bits per heavy atom. The van der Waals surface area contributed by atoms with Crippen LogP contribution in [0.4, 0.5) is 5.69 Å². The molecule has 1 saturated carbocycles. The standard InChI is InChI=1S/C20H30N2O2/c1-14(13-23-2)12-22-9-10-24-18-11-16-5-7-21-8-6-17(16)19(20(18)22)15-3-4-15/h11,14-15,21H,3-10,12-13H2,1-2H3/t14-/m0/s1. The van der Waals surface area contributed by atoms with Gasteiger partial charge in [0.2, 0.25) is 0 Å². The number of methoxy groups -OCH3 is 1. The maximum atomic E-state index is 6.13. The van der Waals surface area contributed by atoms with E-state index >= 15 is 0 Å². The Morgan fingerprint density at radius 2 is 2.17 bits per heavy atom. The molecule has 1 fully saturated rings. The topological polar surface area (TPSA) is 33.7 Å². The number of anilines is 1. The fourth-order valence-electron chi connectivity index (χ4n) is 4.36. The smallest absolute Gasteiger partial charge is 0.143 e. The molecule has 4 rings (SSSR count). The summed E-state index contributed by atoms with van der Waals surface area (Å²) in [6.45, 7) is 8.15. The number of ether oxygens (including phenoxy) is 2. The molecule has 0 spiro atoms. The second kappa shape index (κ2) is 6.93. The highest BCUT2D eigenvalue weighted by atomic mass is 16.5. The molecule has 2 aliphatic heterocycles. The van der Waals surface area contributed by atoms with Crippen molar-refractivity contribution in [3.63, 3.8) is 0 Å². The predicted octanol–water partition coefficient (Wildman–Crippen LogP) is 2.73. The van der Waals surface area contributed by atoms with Gasteiger partial charge in [-0.05, 0) is 73.4 Å². The van der Waals surface area contributed by atoms with Gasteiger partial charge in [0.25, 0.3) is 0 Å². The lowest BCUT2D eigenvalue weighted by atomic mass is 9.90. The van der Waals surface area contributed by atoms with Crippen LogP contribution in [-0.2, 0) is 17.6 Å². The summed E-state index contributed by atoms with van der Waals surface area (Å²) in [7, 11) is 1.80. The van der Waals surface area contributed by atoms with Crippen LogP contribution in [0.3, 0.4) is 0 Å². The SMILES string of the molecule is COC[C@@H](C)CN1CCOc2cc3c(c(C4CC4)c21)CCNCC3. The highest BCUT2D eigenvalue weighted by Gasteiger charge is 2.35. The molecular formula is C20H30N2O2. The molecule has 132 valence electrons. The van der Waals surface area contributed by atoms with E-state index in [1.165, 1.54) is 24.1 Å². The van der Waals surface area contributed by atoms with Gasteiger partial charge in [0.15, 0.2) is 0 Å². The van der Waals surface area contributed by atoms with Crippen LogP contribution < -0.4 is 15.0 Å². The molecular weight excluding hydrogens is 300 g/mol. The minimum absolute atomic E-state index is 0.536. The van der Waals surface area contributed by atoms with Gasteiger partial charge in [-0.15, -0.1) is 0 Å². The third kappa shape index (κ3) is 3.14. The van der Waals surface area contributed by atoms with E-state index in [1.807, 2.05) is 0 Å². The molecule has 0 saturated heterocycles. The monoisotopic (exact) mass is 330 g/mol. The third-order valence-electron chi connectivity index (χ3n) is 5.53. The quantitative estimate of drug-likeness (QED) is 0.900. The Hall–Kier alpha value is -1.26. The van der Waals surface area contributed by atoms with Crippen molar-refractivity contribution in [1.82, 2.24) is 5.32 Å². The van der Waals surface area contributed by atoms with Gasteiger partial charge in [-0.25, -0.2) is 0 Å². The minimum Gasteiger partial charge on any atom is -0.490 e. The first-order chi connectivity index (χ1) is 11.8. The van der Waals surface area contributed by atoms with E-state index in [4.69, 9.17) is 9.47 Å². The largest absolute Gasteiger partial charge is 0.490 e. The van der Waals surface area contributed by atoms with Gasteiger partial charge >= 0.3 is 0 Å². The van der Waals surface area contributed by atoms with E-state index in [1.54, 1.807) is 18.2 Å². The molecule has 1 aromatic carbocycles. The molecule has 0 bridgehead atoms. The van der Waals surface area contributed by atoms with E-state index in [0.29, 0.717) is 5.92 Å². The first-order valence-corrected chi connectivity index (χ1v) is 9.54. The van der Waals surface area contributed by atoms with Crippen LogP contribution in [-0.4, -0.2) is 46.5 Å². The molecule has 0 aromatic heterocycles. The average Bonchev–Trinajstić information content (AvgIpc) is 3.40. The molecule has 4 heteroatoms. The Bertz CT molecular complexity index is 598. The Kier molecular flexibility index (Phi) is 4.68. The summed E-state index contributed by atoms with van der Waals surface area (Å²) in [5.74, 6) is 2.43. The number of hydrogen-bond acceptors (Lipinski definition) is 4. The molecule has 0 radical (unpaired) electrons. The lowest BCUT2D eigenvalue weighted by Gasteiger charge is -2.36. The molecule has 1 aromatic rings. The fraction of sp³-hybridized carbons (Fsp3) is 0.700. The molecule has 1 aliphatic carbocycles. The highest BCUT2D eigenvalue weighted by molar-refractivity contribution is 5.71. The number of nitrogens with zero attached hydrogens (tertiary/aromatic N) is 1. The van der Waals surface area contributed by atoms with Crippen molar-refractivity contribution < 1.29 is 9.47 Å². The Labute approximate surface area is 145 Å².